The molecule has 0 radical (unpaired) electrons. The lowest BCUT2D eigenvalue weighted by molar-refractivity contribution is 0.0976. The van der Waals surface area contributed by atoms with Gasteiger partial charge in [-0.1, -0.05) is 11.6 Å². The van der Waals surface area contributed by atoms with Gasteiger partial charge in [0, 0.05) is 23.4 Å². The average Bonchev–Trinajstić information content (AvgIpc) is 3.06. The molecule has 3 rings (SSSR count). The van der Waals surface area contributed by atoms with Gasteiger partial charge in [-0.05, 0) is 42.7 Å². The molecule has 0 bridgehead atoms. The second-order valence-electron chi connectivity index (χ2n) is 5.96. The normalized spacial score (nSPS) is 15.5. The topological polar surface area (TPSA) is 92.7 Å². The van der Waals surface area contributed by atoms with Crippen LogP contribution in [0.1, 0.15) is 28.1 Å². The van der Waals surface area contributed by atoms with E-state index in [9.17, 15) is 18.3 Å². The van der Waals surface area contributed by atoms with Gasteiger partial charge in [-0.15, -0.1) is 11.3 Å². The molecule has 6 nitrogen and oxygen atoms in total. The SMILES string of the molecule is O=C1CCCc2c(S(=O)(=O)NCC(O)COc3ccc(Cl)cc3)csc21. The summed E-state index contributed by atoms with van der Waals surface area (Å²) >= 11 is 6.94. The molecule has 0 fully saturated rings. The number of aliphatic hydroxyl groups excluding tert-OH is 1. The first-order valence-electron chi connectivity index (χ1n) is 8.06. The molecular formula is C17H18ClNO5S2. The summed E-state index contributed by atoms with van der Waals surface area (Å²) in [6, 6.07) is 6.64. The number of ketones is 1. The number of benzene rings is 1. The molecule has 1 aliphatic carbocycles. The van der Waals surface area contributed by atoms with Gasteiger partial charge < -0.3 is 9.84 Å². The third-order valence-electron chi connectivity index (χ3n) is 3.99. The van der Waals surface area contributed by atoms with Crippen molar-refractivity contribution in [1.29, 1.82) is 0 Å². The molecule has 0 saturated heterocycles. The molecule has 2 N–H and O–H groups in total. The van der Waals surface area contributed by atoms with Crippen molar-refractivity contribution in [2.24, 2.45) is 0 Å². The summed E-state index contributed by atoms with van der Waals surface area (Å²) in [7, 11) is -3.79. The number of halogens is 1. The Balaban J connectivity index is 1.58. The van der Waals surface area contributed by atoms with E-state index >= 15 is 0 Å². The Morgan fingerprint density at radius 2 is 2.00 bits per heavy atom. The predicted octanol–water partition coefficient (Wildman–Crippen LogP) is 2.64. The predicted molar refractivity (Wildman–Crippen MR) is 99.7 cm³/mol. The summed E-state index contributed by atoms with van der Waals surface area (Å²) < 4.78 is 32.8. The Morgan fingerprint density at radius 1 is 1.27 bits per heavy atom. The first kappa shape index (κ1) is 19.3. The molecule has 1 heterocycles. The van der Waals surface area contributed by atoms with Gasteiger partial charge in [0.15, 0.2) is 5.78 Å². The molecule has 9 heteroatoms. The third-order valence-corrected chi connectivity index (χ3v) is 6.95. The number of Topliss-reactive ketones (excluding diaryl/α,β-unsaturated/α-hetero) is 1. The zero-order valence-electron chi connectivity index (χ0n) is 13.8. The van der Waals surface area contributed by atoms with E-state index in [1.807, 2.05) is 0 Å². The number of carbonyl (C=O) groups excluding carboxylic acids is 1. The zero-order chi connectivity index (χ0) is 18.7. The number of thiophene rings is 1. The van der Waals surface area contributed by atoms with Crippen molar-refractivity contribution in [3.8, 4) is 5.75 Å². The Kier molecular flexibility index (Phi) is 5.99. The number of aliphatic hydroxyl groups is 1. The molecule has 0 aliphatic heterocycles. The quantitative estimate of drug-likeness (QED) is 0.725. The number of ether oxygens (including phenoxy) is 1. The van der Waals surface area contributed by atoms with Crippen LogP contribution in [0.3, 0.4) is 0 Å². The van der Waals surface area contributed by atoms with Crippen molar-refractivity contribution < 1.29 is 23.1 Å². The van der Waals surface area contributed by atoms with E-state index < -0.39 is 16.1 Å². The van der Waals surface area contributed by atoms with Crippen molar-refractivity contribution in [3.05, 3.63) is 45.1 Å². The van der Waals surface area contributed by atoms with Gasteiger partial charge in [0.25, 0.3) is 0 Å². The maximum absolute atomic E-state index is 12.5. The Labute approximate surface area is 160 Å². The van der Waals surface area contributed by atoms with Gasteiger partial charge in [-0.3, -0.25) is 4.79 Å². The van der Waals surface area contributed by atoms with Crippen LogP contribution in [0.25, 0.3) is 0 Å². The molecule has 2 aromatic rings. The zero-order valence-corrected chi connectivity index (χ0v) is 16.2. The molecule has 140 valence electrons. The first-order chi connectivity index (χ1) is 12.4. The Morgan fingerprint density at radius 3 is 2.73 bits per heavy atom. The van der Waals surface area contributed by atoms with Crippen LogP contribution < -0.4 is 9.46 Å². The van der Waals surface area contributed by atoms with Crippen molar-refractivity contribution in [2.75, 3.05) is 13.2 Å². The maximum Gasteiger partial charge on any atom is 0.241 e. The maximum atomic E-state index is 12.5. The summed E-state index contributed by atoms with van der Waals surface area (Å²) in [6.45, 7) is -0.251. The van der Waals surface area contributed by atoms with Gasteiger partial charge >= 0.3 is 0 Å². The fourth-order valence-electron chi connectivity index (χ4n) is 2.67. The lowest BCUT2D eigenvalue weighted by Gasteiger charge is -2.15. The molecule has 1 aromatic heterocycles. The van der Waals surface area contributed by atoms with Crippen molar-refractivity contribution in [1.82, 2.24) is 4.72 Å². The van der Waals surface area contributed by atoms with Gasteiger partial charge in [0.2, 0.25) is 10.0 Å². The monoisotopic (exact) mass is 415 g/mol. The summed E-state index contributed by atoms with van der Waals surface area (Å²) in [5.41, 5.74) is 0.589. The van der Waals surface area contributed by atoms with Crippen LogP contribution in [-0.4, -0.2) is 38.6 Å². The van der Waals surface area contributed by atoms with Crippen LogP contribution in [0.4, 0.5) is 0 Å². The second-order valence-corrected chi connectivity index (χ2v) is 9.01. The van der Waals surface area contributed by atoms with Crippen LogP contribution in [0.5, 0.6) is 5.75 Å². The van der Waals surface area contributed by atoms with Gasteiger partial charge in [-0.2, -0.15) is 0 Å². The minimum atomic E-state index is -3.79. The van der Waals surface area contributed by atoms with Gasteiger partial charge in [0.1, 0.15) is 18.5 Å². The van der Waals surface area contributed by atoms with Crippen LogP contribution in [0, 0.1) is 0 Å². The second kappa shape index (κ2) is 8.06. The Bertz CT molecular complexity index is 892. The van der Waals surface area contributed by atoms with E-state index in [4.69, 9.17) is 16.3 Å². The van der Waals surface area contributed by atoms with Crippen molar-refractivity contribution in [3.63, 3.8) is 0 Å². The van der Waals surface area contributed by atoms with E-state index in [0.717, 1.165) is 11.3 Å². The highest BCUT2D eigenvalue weighted by Crippen LogP contribution is 2.32. The third kappa shape index (κ3) is 4.44. The number of hydrogen-bond acceptors (Lipinski definition) is 6. The van der Waals surface area contributed by atoms with Gasteiger partial charge in [0.05, 0.1) is 9.77 Å². The van der Waals surface area contributed by atoms with E-state index in [1.165, 1.54) is 5.38 Å². The summed E-state index contributed by atoms with van der Waals surface area (Å²) in [5, 5.41) is 12.0. The van der Waals surface area contributed by atoms with E-state index in [0.29, 0.717) is 40.5 Å². The molecule has 0 amide bonds. The molecular weight excluding hydrogens is 398 g/mol. The van der Waals surface area contributed by atoms with Crippen LogP contribution in [-0.2, 0) is 16.4 Å². The number of sulfonamides is 1. The highest BCUT2D eigenvalue weighted by Gasteiger charge is 2.28. The molecule has 0 saturated carbocycles. The molecule has 1 aromatic carbocycles. The number of nitrogens with one attached hydrogen (secondary N) is 1. The number of fused-ring (bicyclic) bond motifs is 1. The standard InChI is InChI=1S/C17H18ClNO5S2/c18-11-4-6-13(7-5-11)24-9-12(20)8-19-26(22,23)16-10-25-17-14(16)2-1-3-15(17)21/h4-7,10,12,19-20H,1-3,8-9H2. The van der Waals surface area contributed by atoms with Crippen molar-refractivity contribution >= 4 is 38.7 Å². The molecule has 0 spiro atoms. The Hall–Kier alpha value is -1.45. The van der Waals surface area contributed by atoms with Crippen LogP contribution in [0.2, 0.25) is 5.02 Å². The smallest absolute Gasteiger partial charge is 0.241 e. The van der Waals surface area contributed by atoms with Crippen LogP contribution >= 0.6 is 22.9 Å². The summed E-state index contributed by atoms with van der Waals surface area (Å²) in [6.07, 6.45) is 0.670. The molecule has 1 aliphatic rings. The molecule has 1 atom stereocenters. The molecule has 26 heavy (non-hydrogen) atoms. The first-order valence-corrected chi connectivity index (χ1v) is 10.8. The number of carbonyl (C=O) groups is 1. The van der Waals surface area contributed by atoms with E-state index in [-0.39, 0.29) is 23.8 Å². The number of hydrogen-bond donors (Lipinski definition) is 2. The minimum Gasteiger partial charge on any atom is -0.491 e. The fourth-order valence-corrected chi connectivity index (χ4v) is 5.56. The lowest BCUT2D eigenvalue weighted by atomic mass is 9.98. The fraction of sp³-hybridized carbons (Fsp3) is 0.353. The minimum absolute atomic E-state index is 0.00546. The lowest BCUT2D eigenvalue weighted by Crippen LogP contribution is -2.35. The molecule has 1 unspecified atom stereocenters. The van der Waals surface area contributed by atoms with E-state index in [2.05, 4.69) is 4.72 Å². The van der Waals surface area contributed by atoms with E-state index in [1.54, 1.807) is 24.3 Å². The van der Waals surface area contributed by atoms with Gasteiger partial charge in [-0.25, -0.2) is 13.1 Å². The average molecular weight is 416 g/mol. The largest absolute Gasteiger partial charge is 0.491 e. The van der Waals surface area contributed by atoms with Crippen molar-refractivity contribution in [2.45, 2.75) is 30.3 Å². The van der Waals surface area contributed by atoms with Crippen LogP contribution in [0.15, 0.2) is 34.5 Å². The highest BCUT2D eigenvalue weighted by atomic mass is 35.5. The highest BCUT2D eigenvalue weighted by molar-refractivity contribution is 7.89. The number of rotatable bonds is 7. The summed E-state index contributed by atoms with van der Waals surface area (Å²) in [5.74, 6) is 0.524. The summed E-state index contributed by atoms with van der Waals surface area (Å²) in [4.78, 5) is 12.5.